The number of sulfonamides is 1. The maximum Gasteiger partial charge on any atom is 0.264 e. The molecule has 4 aromatic rings. The zero-order valence-electron chi connectivity index (χ0n) is 24.8. The van der Waals surface area contributed by atoms with Gasteiger partial charge in [0.25, 0.3) is 10.0 Å². The minimum atomic E-state index is -4.34. The number of rotatable bonds is 12. The van der Waals surface area contributed by atoms with E-state index in [0.717, 1.165) is 15.4 Å². The Hall–Kier alpha value is -3.76. The van der Waals surface area contributed by atoms with Crippen LogP contribution in [0, 0.1) is 6.92 Å². The first-order valence-electron chi connectivity index (χ1n) is 13.9. The van der Waals surface area contributed by atoms with Gasteiger partial charge >= 0.3 is 0 Å². The summed E-state index contributed by atoms with van der Waals surface area (Å²) in [5.74, 6) is -0.920. The van der Waals surface area contributed by atoms with Crippen molar-refractivity contribution in [3.63, 3.8) is 0 Å². The maximum atomic E-state index is 14.5. The Morgan fingerprint density at radius 2 is 1.53 bits per heavy atom. The fraction of sp³-hybridized carbons (Fsp3) is 0.212. The van der Waals surface area contributed by atoms with Crippen LogP contribution in [0.2, 0.25) is 15.1 Å². The summed E-state index contributed by atoms with van der Waals surface area (Å²) < 4.78 is 34.9. The number of likely N-dealkylation sites (N-methyl/N-ethyl adjacent to an activating group) is 1. The lowest BCUT2D eigenvalue weighted by Crippen LogP contribution is -2.53. The molecule has 0 radical (unpaired) electrons. The van der Waals surface area contributed by atoms with Gasteiger partial charge in [-0.2, -0.15) is 0 Å². The molecule has 0 saturated heterocycles. The Balaban J connectivity index is 1.86. The first-order valence-corrected chi connectivity index (χ1v) is 16.4. The van der Waals surface area contributed by atoms with Gasteiger partial charge in [0.15, 0.2) is 0 Å². The Bertz CT molecular complexity index is 1770. The van der Waals surface area contributed by atoms with Gasteiger partial charge in [-0.05, 0) is 60.5 Å². The molecule has 0 unspecified atom stereocenters. The predicted molar refractivity (Wildman–Crippen MR) is 179 cm³/mol. The van der Waals surface area contributed by atoms with Crippen molar-refractivity contribution in [1.82, 2.24) is 10.2 Å². The number of nitrogens with zero attached hydrogens (tertiary/aromatic N) is 2. The van der Waals surface area contributed by atoms with Crippen LogP contribution in [-0.2, 0) is 32.6 Å². The smallest absolute Gasteiger partial charge is 0.264 e. The van der Waals surface area contributed by atoms with Crippen LogP contribution in [0.5, 0.6) is 5.75 Å². The lowest BCUT2D eigenvalue weighted by molar-refractivity contribution is -0.139. The van der Waals surface area contributed by atoms with E-state index in [0.29, 0.717) is 10.6 Å². The predicted octanol–water partition coefficient (Wildman–Crippen LogP) is 6.55. The van der Waals surface area contributed by atoms with Crippen LogP contribution in [0.4, 0.5) is 5.69 Å². The van der Waals surface area contributed by atoms with Crippen LogP contribution in [0.15, 0.2) is 95.9 Å². The van der Waals surface area contributed by atoms with Gasteiger partial charge < -0.3 is 15.0 Å². The van der Waals surface area contributed by atoms with Crippen LogP contribution < -0.4 is 14.4 Å². The van der Waals surface area contributed by atoms with E-state index in [-0.39, 0.29) is 39.3 Å². The number of methoxy groups -OCH3 is 1. The number of benzene rings is 4. The van der Waals surface area contributed by atoms with E-state index in [1.165, 1.54) is 49.4 Å². The number of nitrogens with one attached hydrogen (secondary N) is 1. The molecule has 0 fully saturated rings. The molecule has 4 rings (SSSR count). The van der Waals surface area contributed by atoms with Gasteiger partial charge in [0.2, 0.25) is 11.8 Å². The van der Waals surface area contributed by atoms with Crippen molar-refractivity contribution in [2.24, 2.45) is 0 Å². The third kappa shape index (κ3) is 8.29. The molecule has 0 heterocycles. The number of carbonyl (C=O) groups excluding carboxylic acids is 2. The lowest BCUT2D eigenvalue weighted by atomic mass is 10.0. The van der Waals surface area contributed by atoms with Crippen LogP contribution in [-0.4, -0.2) is 51.9 Å². The fourth-order valence-electron chi connectivity index (χ4n) is 4.76. The van der Waals surface area contributed by atoms with Crippen molar-refractivity contribution in [1.29, 1.82) is 0 Å². The summed E-state index contributed by atoms with van der Waals surface area (Å²) in [6.45, 7) is 1.05. The minimum absolute atomic E-state index is 0.0395. The van der Waals surface area contributed by atoms with Crippen molar-refractivity contribution in [2.75, 3.05) is 25.0 Å². The van der Waals surface area contributed by atoms with E-state index in [1.807, 2.05) is 37.3 Å². The summed E-state index contributed by atoms with van der Waals surface area (Å²) in [6.07, 6.45) is 0.155. The molecule has 0 spiro atoms. The van der Waals surface area contributed by atoms with Crippen molar-refractivity contribution >= 4 is 62.3 Å². The van der Waals surface area contributed by atoms with E-state index >= 15 is 0 Å². The highest BCUT2D eigenvalue weighted by molar-refractivity contribution is 7.92. The van der Waals surface area contributed by atoms with Gasteiger partial charge in [-0.25, -0.2) is 8.42 Å². The largest absolute Gasteiger partial charge is 0.495 e. The van der Waals surface area contributed by atoms with Crippen LogP contribution in [0.25, 0.3) is 0 Å². The Kier molecular flexibility index (Phi) is 11.4. The monoisotopic (exact) mass is 687 g/mol. The number of hydrogen-bond donors (Lipinski definition) is 1. The number of amides is 2. The SMILES string of the molecule is CNC(=O)[C@@H](Cc1ccccc1)N(Cc1ccc(Cl)cc1Cl)C(=O)CN(c1cc(Cl)ccc1OC)S(=O)(=O)c1ccc(C)cc1. The Morgan fingerprint density at radius 3 is 2.16 bits per heavy atom. The van der Waals surface area contributed by atoms with E-state index < -0.39 is 34.4 Å². The molecule has 0 aromatic heterocycles. The van der Waals surface area contributed by atoms with Gasteiger partial charge in [0.05, 0.1) is 17.7 Å². The first kappa shape index (κ1) is 34.1. The molecule has 0 bridgehead atoms. The second-order valence-electron chi connectivity index (χ2n) is 10.2. The first-order chi connectivity index (χ1) is 21.4. The van der Waals surface area contributed by atoms with Crippen molar-refractivity contribution in [3.05, 3.63) is 123 Å². The molecule has 0 aliphatic rings. The van der Waals surface area contributed by atoms with Crippen molar-refractivity contribution in [2.45, 2.75) is 30.8 Å². The van der Waals surface area contributed by atoms with E-state index in [4.69, 9.17) is 39.5 Å². The molecule has 236 valence electrons. The molecule has 4 aromatic carbocycles. The van der Waals surface area contributed by atoms with E-state index in [2.05, 4.69) is 5.32 Å². The van der Waals surface area contributed by atoms with Crippen molar-refractivity contribution in [3.8, 4) is 5.75 Å². The van der Waals surface area contributed by atoms with Gasteiger partial charge in [0.1, 0.15) is 18.3 Å². The van der Waals surface area contributed by atoms with Crippen molar-refractivity contribution < 1.29 is 22.7 Å². The summed E-state index contributed by atoms with van der Waals surface area (Å²) in [5, 5.41) is 3.57. The van der Waals surface area contributed by atoms with Gasteiger partial charge in [0, 0.05) is 35.1 Å². The number of anilines is 1. The molecule has 0 aliphatic carbocycles. The lowest BCUT2D eigenvalue weighted by Gasteiger charge is -2.34. The van der Waals surface area contributed by atoms with Gasteiger partial charge in [-0.1, -0.05) is 88.9 Å². The average Bonchev–Trinajstić information content (AvgIpc) is 3.02. The maximum absolute atomic E-state index is 14.5. The molecular weight excluding hydrogens is 657 g/mol. The van der Waals surface area contributed by atoms with Gasteiger partial charge in [-0.15, -0.1) is 0 Å². The molecule has 2 amide bonds. The average molecular weight is 689 g/mol. The third-order valence-electron chi connectivity index (χ3n) is 7.17. The molecule has 0 aliphatic heterocycles. The second kappa shape index (κ2) is 15.0. The summed E-state index contributed by atoms with van der Waals surface area (Å²) >= 11 is 19.0. The zero-order chi connectivity index (χ0) is 32.7. The molecule has 1 atom stereocenters. The molecule has 12 heteroatoms. The number of halogens is 3. The summed E-state index contributed by atoms with van der Waals surface area (Å²) in [7, 11) is -1.48. The highest BCUT2D eigenvalue weighted by Crippen LogP contribution is 2.35. The molecule has 8 nitrogen and oxygen atoms in total. The summed E-state index contributed by atoms with van der Waals surface area (Å²) in [4.78, 5) is 29.2. The van der Waals surface area contributed by atoms with E-state index in [9.17, 15) is 18.0 Å². The minimum Gasteiger partial charge on any atom is -0.495 e. The Morgan fingerprint density at radius 1 is 0.889 bits per heavy atom. The number of aryl methyl sites for hydroxylation is 1. The standard InChI is InChI=1S/C33H32Cl3N3O5S/c1-22-9-14-27(15-10-22)45(42,43)39(29-19-26(35)13-16-31(29)44-3)21-32(40)38(20-24-11-12-25(34)18-28(24)36)30(33(41)37-2)17-23-7-5-4-6-8-23/h4-16,18-19,30H,17,20-21H2,1-3H3,(H,37,41)/t30-/m1/s1. The van der Waals surface area contributed by atoms with Crippen LogP contribution >= 0.6 is 34.8 Å². The second-order valence-corrected chi connectivity index (χ2v) is 13.4. The quantitative estimate of drug-likeness (QED) is 0.182. The van der Waals surface area contributed by atoms with Crippen LogP contribution in [0.3, 0.4) is 0 Å². The molecule has 1 N–H and O–H groups in total. The Labute approximate surface area is 278 Å². The number of ether oxygens (including phenoxy) is 1. The van der Waals surface area contributed by atoms with E-state index in [1.54, 1.807) is 30.3 Å². The van der Waals surface area contributed by atoms with Crippen LogP contribution in [0.1, 0.15) is 16.7 Å². The molecule has 45 heavy (non-hydrogen) atoms. The third-order valence-corrected chi connectivity index (χ3v) is 9.77. The fourth-order valence-corrected chi connectivity index (χ4v) is 6.81. The number of carbonyl (C=O) groups is 2. The summed E-state index contributed by atoms with van der Waals surface area (Å²) in [6, 6.07) is 23.8. The van der Waals surface area contributed by atoms with Gasteiger partial charge in [-0.3, -0.25) is 13.9 Å². The summed E-state index contributed by atoms with van der Waals surface area (Å²) in [5.41, 5.74) is 2.23. The normalized spacial score (nSPS) is 11.9. The zero-order valence-corrected chi connectivity index (χ0v) is 27.9. The molecular formula is C33H32Cl3N3O5S. The molecule has 0 saturated carbocycles. The number of hydrogen-bond acceptors (Lipinski definition) is 5. The topological polar surface area (TPSA) is 96.0 Å². The highest BCUT2D eigenvalue weighted by atomic mass is 35.5. The highest BCUT2D eigenvalue weighted by Gasteiger charge is 2.35.